The highest BCUT2D eigenvalue weighted by atomic mass is 32.1. The highest BCUT2D eigenvalue weighted by Crippen LogP contribution is 2.33. The zero-order valence-electron chi connectivity index (χ0n) is 12.7. The van der Waals surface area contributed by atoms with Crippen LogP contribution in [0.4, 0.5) is 0 Å². The van der Waals surface area contributed by atoms with Crippen molar-refractivity contribution < 1.29 is 4.79 Å². The van der Waals surface area contributed by atoms with Crippen LogP contribution in [0.15, 0.2) is 4.79 Å². The van der Waals surface area contributed by atoms with Gasteiger partial charge in [-0.1, -0.05) is 19.8 Å². The third-order valence-electron chi connectivity index (χ3n) is 4.26. The van der Waals surface area contributed by atoms with Crippen molar-refractivity contribution in [2.45, 2.75) is 58.3 Å². The minimum atomic E-state index is -0.223. The third kappa shape index (κ3) is 2.70. The number of H-pyrrole nitrogens is 1. The molecule has 0 radical (unpaired) electrons. The smallest absolute Gasteiger partial charge is 0.270 e. The number of rotatable bonds is 4. The summed E-state index contributed by atoms with van der Waals surface area (Å²) in [6, 6.07) is 0. The van der Waals surface area contributed by atoms with Crippen LogP contribution >= 0.6 is 23.6 Å². The molecule has 0 atom stereocenters. The molecule has 2 aromatic heterocycles. The number of thiophene rings is 1. The summed E-state index contributed by atoms with van der Waals surface area (Å²) in [5.74, 6) is -0.183. The molecule has 0 aromatic carbocycles. The van der Waals surface area contributed by atoms with E-state index in [1.54, 1.807) is 11.3 Å². The maximum atomic E-state index is 12.8. The summed E-state index contributed by atoms with van der Waals surface area (Å²) in [6.07, 6.45) is 7.46. The first kappa shape index (κ1) is 15.6. The molecule has 0 amide bonds. The molecule has 118 valence electrons. The quantitative estimate of drug-likeness (QED) is 0.672. The van der Waals surface area contributed by atoms with Crippen molar-refractivity contribution in [2.24, 2.45) is 0 Å². The van der Waals surface area contributed by atoms with Gasteiger partial charge < -0.3 is 4.98 Å². The van der Waals surface area contributed by atoms with Gasteiger partial charge in [0.05, 0.1) is 5.39 Å². The molecule has 1 aliphatic carbocycles. The van der Waals surface area contributed by atoms with Gasteiger partial charge in [-0.25, -0.2) is 4.57 Å². The summed E-state index contributed by atoms with van der Waals surface area (Å²) in [5, 5.41) is 0.692. The molecule has 0 saturated heterocycles. The van der Waals surface area contributed by atoms with Crippen LogP contribution in [0.3, 0.4) is 0 Å². The monoisotopic (exact) mass is 336 g/mol. The first-order valence-electron chi connectivity index (χ1n) is 7.96. The fourth-order valence-corrected chi connectivity index (χ4v) is 4.73. The number of aryl methyl sites for hydroxylation is 2. The molecule has 0 bridgehead atoms. The highest BCUT2D eigenvalue weighted by Gasteiger charge is 2.21. The Labute approximate surface area is 138 Å². The molecule has 22 heavy (non-hydrogen) atoms. The van der Waals surface area contributed by atoms with E-state index < -0.39 is 0 Å². The van der Waals surface area contributed by atoms with E-state index in [1.807, 2.05) is 0 Å². The number of hydrogen-bond acceptors (Lipinski definition) is 4. The SMILES string of the molecule is CCCCCC(=O)n1c(=S)[nH]c2sc3c(c2c1=O)CCCC3. The van der Waals surface area contributed by atoms with Crippen LogP contribution in [-0.4, -0.2) is 15.5 Å². The molecule has 2 heterocycles. The van der Waals surface area contributed by atoms with Crippen LogP contribution in [0, 0.1) is 4.77 Å². The van der Waals surface area contributed by atoms with Crippen molar-refractivity contribution in [2.75, 3.05) is 0 Å². The molecule has 0 saturated carbocycles. The van der Waals surface area contributed by atoms with Gasteiger partial charge in [-0.3, -0.25) is 9.59 Å². The number of aromatic nitrogens is 2. The zero-order chi connectivity index (χ0) is 15.7. The molecule has 6 heteroatoms. The van der Waals surface area contributed by atoms with E-state index in [1.165, 1.54) is 15.9 Å². The van der Waals surface area contributed by atoms with Crippen LogP contribution in [0.2, 0.25) is 0 Å². The lowest BCUT2D eigenvalue weighted by molar-refractivity contribution is 0.0892. The number of aromatic amines is 1. The van der Waals surface area contributed by atoms with Gasteiger partial charge in [0.1, 0.15) is 4.83 Å². The summed E-state index contributed by atoms with van der Waals surface area (Å²) in [7, 11) is 0. The Morgan fingerprint density at radius 3 is 2.86 bits per heavy atom. The number of nitrogens with zero attached hydrogens (tertiary/aromatic N) is 1. The number of carbonyl (C=O) groups excluding carboxylic acids is 1. The number of fused-ring (bicyclic) bond motifs is 3. The van der Waals surface area contributed by atoms with Crippen LogP contribution in [0.1, 0.15) is 60.7 Å². The van der Waals surface area contributed by atoms with Crippen molar-refractivity contribution in [3.63, 3.8) is 0 Å². The molecule has 1 aliphatic rings. The normalized spacial score (nSPS) is 14.2. The summed E-state index contributed by atoms with van der Waals surface area (Å²) < 4.78 is 1.41. The predicted molar refractivity (Wildman–Crippen MR) is 92.7 cm³/mol. The maximum absolute atomic E-state index is 12.8. The highest BCUT2D eigenvalue weighted by molar-refractivity contribution is 7.71. The second-order valence-corrected chi connectivity index (χ2v) is 7.33. The second kappa shape index (κ2) is 6.46. The van der Waals surface area contributed by atoms with Crippen molar-refractivity contribution in [3.05, 3.63) is 25.6 Å². The fraction of sp³-hybridized carbons (Fsp3) is 0.562. The molecule has 0 unspecified atom stereocenters. The first-order valence-corrected chi connectivity index (χ1v) is 9.18. The van der Waals surface area contributed by atoms with Crippen molar-refractivity contribution in [1.82, 2.24) is 9.55 Å². The molecular formula is C16H20N2O2S2. The molecule has 2 aromatic rings. The van der Waals surface area contributed by atoms with E-state index >= 15 is 0 Å². The number of nitrogens with one attached hydrogen (secondary N) is 1. The van der Waals surface area contributed by atoms with Crippen LogP contribution in [0.25, 0.3) is 10.2 Å². The number of unbranched alkanes of at least 4 members (excludes halogenated alkanes) is 2. The van der Waals surface area contributed by atoms with E-state index in [9.17, 15) is 9.59 Å². The summed E-state index contributed by atoms with van der Waals surface area (Å²) in [4.78, 5) is 30.4. The van der Waals surface area contributed by atoms with Gasteiger partial charge in [0.2, 0.25) is 5.91 Å². The largest absolute Gasteiger partial charge is 0.323 e. The molecule has 0 aliphatic heterocycles. The molecule has 1 N–H and O–H groups in total. The van der Waals surface area contributed by atoms with Crippen molar-refractivity contribution >= 4 is 39.7 Å². The van der Waals surface area contributed by atoms with Gasteiger partial charge in [-0.2, -0.15) is 0 Å². The Morgan fingerprint density at radius 2 is 2.09 bits per heavy atom. The standard InChI is InChI=1S/C16H20N2O2S2/c1-2-3-4-9-12(19)18-15(20)13-10-7-5-6-8-11(10)22-14(13)17-16(18)21/h2-9H2,1H3,(H,17,21). The minimum Gasteiger partial charge on any atom is -0.323 e. The van der Waals surface area contributed by atoms with Gasteiger partial charge in [0.15, 0.2) is 4.77 Å². The molecular weight excluding hydrogens is 316 g/mol. The first-order chi connectivity index (χ1) is 10.6. The molecule has 0 fully saturated rings. The zero-order valence-corrected chi connectivity index (χ0v) is 14.4. The molecule has 3 rings (SSSR count). The van der Waals surface area contributed by atoms with E-state index in [-0.39, 0.29) is 16.2 Å². The van der Waals surface area contributed by atoms with Gasteiger partial charge in [-0.15, -0.1) is 11.3 Å². The van der Waals surface area contributed by atoms with Gasteiger partial charge in [0, 0.05) is 11.3 Å². The second-order valence-electron chi connectivity index (χ2n) is 5.84. The van der Waals surface area contributed by atoms with Crippen molar-refractivity contribution in [3.8, 4) is 0 Å². The fourth-order valence-electron chi connectivity index (χ4n) is 3.10. The topological polar surface area (TPSA) is 54.9 Å². The van der Waals surface area contributed by atoms with Gasteiger partial charge in [-0.05, 0) is 49.9 Å². The summed E-state index contributed by atoms with van der Waals surface area (Å²) in [5.41, 5.74) is 0.914. The van der Waals surface area contributed by atoms with Gasteiger partial charge >= 0.3 is 0 Å². The summed E-state index contributed by atoms with van der Waals surface area (Å²) >= 11 is 6.88. The average Bonchev–Trinajstić information content (AvgIpc) is 2.85. The van der Waals surface area contributed by atoms with E-state index in [0.717, 1.165) is 48.9 Å². The Hall–Kier alpha value is -1.27. The minimum absolute atomic E-state index is 0.183. The lowest BCUT2D eigenvalue weighted by atomic mass is 9.97. The Balaban J connectivity index is 2.09. The third-order valence-corrected chi connectivity index (χ3v) is 5.75. The van der Waals surface area contributed by atoms with E-state index in [0.29, 0.717) is 11.8 Å². The Kier molecular flexibility index (Phi) is 4.59. The average molecular weight is 336 g/mol. The lowest BCUT2D eigenvalue weighted by Crippen LogP contribution is -2.28. The predicted octanol–water partition coefficient (Wildman–Crippen LogP) is 4.22. The maximum Gasteiger partial charge on any atom is 0.270 e. The van der Waals surface area contributed by atoms with Crippen LogP contribution < -0.4 is 5.56 Å². The van der Waals surface area contributed by atoms with E-state index in [2.05, 4.69) is 11.9 Å². The summed E-state index contributed by atoms with van der Waals surface area (Å²) in [6.45, 7) is 2.09. The van der Waals surface area contributed by atoms with Crippen molar-refractivity contribution in [1.29, 1.82) is 0 Å². The molecule has 0 spiro atoms. The van der Waals surface area contributed by atoms with Crippen LogP contribution in [0.5, 0.6) is 0 Å². The number of hydrogen-bond donors (Lipinski definition) is 1. The lowest BCUT2D eigenvalue weighted by Gasteiger charge is -2.10. The van der Waals surface area contributed by atoms with Gasteiger partial charge in [0.25, 0.3) is 5.56 Å². The Bertz CT molecular complexity index is 829. The Morgan fingerprint density at radius 1 is 1.32 bits per heavy atom. The van der Waals surface area contributed by atoms with Crippen LogP contribution in [-0.2, 0) is 12.8 Å². The van der Waals surface area contributed by atoms with E-state index in [4.69, 9.17) is 12.2 Å². The number of carbonyl (C=O) groups is 1. The molecule has 4 nitrogen and oxygen atoms in total.